The molecule has 0 heterocycles. The van der Waals surface area contributed by atoms with Gasteiger partial charge in [0.15, 0.2) is 0 Å². The number of carbonyl (C=O) groups is 1. The number of amides is 1. The van der Waals surface area contributed by atoms with Gasteiger partial charge in [0.2, 0.25) is 5.91 Å². The summed E-state index contributed by atoms with van der Waals surface area (Å²) in [4.78, 5) is 12.2. The second kappa shape index (κ2) is 6.20. The number of nitrogen functional groups attached to an aromatic ring is 1. The number of hydrogen-bond donors (Lipinski definition) is 2. The van der Waals surface area contributed by atoms with Gasteiger partial charge in [0, 0.05) is 26.9 Å². The molecule has 104 valence electrons. The highest BCUT2D eigenvalue weighted by Gasteiger charge is 2.07. The number of nitrogens with two attached hydrogens (primary N) is 2. The van der Waals surface area contributed by atoms with Crippen molar-refractivity contribution in [3.63, 3.8) is 0 Å². The molecule has 0 unspecified atom stereocenters. The van der Waals surface area contributed by atoms with Crippen LogP contribution in [0.2, 0.25) is 5.02 Å². The molecule has 2 aromatic carbocycles. The zero-order valence-electron chi connectivity index (χ0n) is 11.0. The number of benzene rings is 2. The SMILES string of the molecule is Cc1ccc(N)cc1SCc1ccc(C(N)=O)cc1Cl. The van der Waals surface area contributed by atoms with Crippen molar-refractivity contribution in [2.24, 2.45) is 5.73 Å². The molecule has 0 radical (unpaired) electrons. The zero-order valence-corrected chi connectivity index (χ0v) is 12.6. The second-order valence-electron chi connectivity index (χ2n) is 4.48. The highest BCUT2D eigenvalue weighted by atomic mass is 35.5. The lowest BCUT2D eigenvalue weighted by Gasteiger charge is -2.08. The predicted molar refractivity (Wildman–Crippen MR) is 85.1 cm³/mol. The van der Waals surface area contributed by atoms with Gasteiger partial charge < -0.3 is 11.5 Å². The van der Waals surface area contributed by atoms with E-state index in [2.05, 4.69) is 0 Å². The number of rotatable bonds is 4. The summed E-state index contributed by atoms with van der Waals surface area (Å²) in [5, 5.41) is 0.551. The summed E-state index contributed by atoms with van der Waals surface area (Å²) in [7, 11) is 0. The van der Waals surface area contributed by atoms with Gasteiger partial charge in [-0.3, -0.25) is 4.79 Å². The van der Waals surface area contributed by atoms with Crippen molar-refractivity contribution in [2.75, 3.05) is 5.73 Å². The average molecular weight is 307 g/mol. The topological polar surface area (TPSA) is 69.1 Å². The van der Waals surface area contributed by atoms with Crippen molar-refractivity contribution in [3.05, 3.63) is 58.1 Å². The molecule has 0 bridgehead atoms. The zero-order chi connectivity index (χ0) is 14.7. The molecule has 2 rings (SSSR count). The normalized spacial score (nSPS) is 10.5. The Bertz CT molecular complexity index is 658. The Labute approximate surface area is 127 Å². The van der Waals surface area contributed by atoms with Crippen LogP contribution in [0.4, 0.5) is 5.69 Å². The highest BCUT2D eigenvalue weighted by Crippen LogP contribution is 2.30. The van der Waals surface area contributed by atoms with E-state index in [4.69, 9.17) is 23.1 Å². The summed E-state index contributed by atoms with van der Waals surface area (Å²) in [6.07, 6.45) is 0. The van der Waals surface area contributed by atoms with E-state index in [0.29, 0.717) is 16.3 Å². The monoisotopic (exact) mass is 306 g/mol. The van der Waals surface area contributed by atoms with Gasteiger partial charge in [-0.05, 0) is 42.3 Å². The molecule has 0 aromatic heterocycles. The smallest absolute Gasteiger partial charge is 0.248 e. The van der Waals surface area contributed by atoms with Crippen molar-refractivity contribution >= 4 is 35.0 Å². The summed E-state index contributed by atoms with van der Waals surface area (Å²) in [5.74, 6) is 0.236. The highest BCUT2D eigenvalue weighted by molar-refractivity contribution is 7.98. The Balaban J connectivity index is 2.15. The van der Waals surface area contributed by atoms with Gasteiger partial charge in [-0.15, -0.1) is 11.8 Å². The van der Waals surface area contributed by atoms with Crippen molar-refractivity contribution < 1.29 is 4.79 Å². The fraction of sp³-hybridized carbons (Fsp3) is 0.133. The lowest BCUT2D eigenvalue weighted by molar-refractivity contribution is 0.100. The molecule has 0 fully saturated rings. The van der Waals surface area contributed by atoms with Crippen molar-refractivity contribution in [1.82, 2.24) is 0 Å². The molecule has 0 aliphatic rings. The van der Waals surface area contributed by atoms with E-state index in [9.17, 15) is 4.79 Å². The van der Waals surface area contributed by atoms with Crippen LogP contribution < -0.4 is 11.5 Å². The summed E-state index contributed by atoms with van der Waals surface area (Å²) in [6, 6.07) is 11.0. The molecule has 0 aliphatic carbocycles. The minimum atomic E-state index is -0.474. The van der Waals surface area contributed by atoms with E-state index in [-0.39, 0.29) is 0 Å². The number of anilines is 1. The Morgan fingerprint density at radius 1 is 1.25 bits per heavy atom. The lowest BCUT2D eigenvalue weighted by Crippen LogP contribution is -2.10. The van der Waals surface area contributed by atoms with Crippen LogP contribution in [0.3, 0.4) is 0 Å². The third-order valence-corrected chi connectivity index (χ3v) is 4.49. The largest absolute Gasteiger partial charge is 0.399 e. The number of aryl methyl sites for hydroxylation is 1. The number of primary amides is 1. The van der Waals surface area contributed by atoms with Gasteiger partial charge in [-0.1, -0.05) is 23.7 Å². The predicted octanol–water partition coefficient (Wildman–Crippen LogP) is 3.62. The molecule has 0 saturated heterocycles. The molecular formula is C15H15ClN2OS. The third-order valence-electron chi connectivity index (χ3n) is 2.93. The molecule has 0 saturated carbocycles. The van der Waals surface area contributed by atoms with Crippen molar-refractivity contribution in [1.29, 1.82) is 0 Å². The molecular weight excluding hydrogens is 292 g/mol. The van der Waals surface area contributed by atoms with Crippen LogP contribution >= 0.6 is 23.4 Å². The molecule has 0 aliphatic heterocycles. The van der Waals surface area contributed by atoms with Gasteiger partial charge in [0.25, 0.3) is 0 Å². The summed E-state index contributed by atoms with van der Waals surface area (Å²) in [5.41, 5.74) is 14.3. The maximum atomic E-state index is 11.1. The van der Waals surface area contributed by atoms with Crippen molar-refractivity contribution in [3.8, 4) is 0 Å². The fourth-order valence-electron chi connectivity index (χ4n) is 1.75. The molecule has 20 heavy (non-hydrogen) atoms. The maximum absolute atomic E-state index is 11.1. The maximum Gasteiger partial charge on any atom is 0.248 e. The van der Waals surface area contributed by atoms with E-state index in [0.717, 1.165) is 16.1 Å². The summed E-state index contributed by atoms with van der Waals surface area (Å²) >= 11 is 7.83. The third kappa shape index (κ3) is 3.46. The molecule has 4 N–H and O–H groups in total. The van der Waals surface area contributed by atoms with Crippen LogP contribution in [-0.4, -0.2) is 5.91 Å². The van der Waals surface area contributed by atoms with E-state index in [1.54, 1.807) is 23.9 Å². The van der Waals surface area contributed by atoms with Crippen molar-refractivity contribution in [2.45, 2.75) is 17.6 Å². The Morgan fingerprint density at radius 3 is 2.65 bits per heavy atom. The van der Waals surface area contributed by atoms with Crippen LogP contribution in [0.5, 0.6) is 0 Å². The van der Waals surface area contributed by atoms with Gasteiger partial charge in [0.1, 0.15) is 0 Å². The number of hydrogen-bond acceptors (Lipinski definition) is 3. The first kappa shape index (κ1) is 14.8. The summed E-state index contributed by atoms with van der Waals surface area (Å²) in [6.45, 7) is 2.04. The molecule has 1 amide bonds. The molecule has 0 atom stereocenters. The lowest BCUT2D eigenvalue weighted by atomic mass is 10.1. The first-order chi connectivity index (χ1) is 9.47. The van der Waals surface area contributed by atoms with Gasteiger partial charge in [0.05, 0.1) is 0 Å². The van der Waals surface area contributed by atoms with Crippen LogP contribution in [0, 0.1) is 6.92 Å². The fourth-order valence-corrected chi connectivity index (χ4v) is 3.15. The van der Waals surface area contributed by atoms with E-state index in [1.165, 1.54) is 5.56 Å². The first-order valence-corrected chi connectivity index (χ1v) is 7.41. The van der Waals surface area contributed by atoms with Gasteiger partial charge in [-0.25, -0.2) is 0 Å². The first-order valence-electron chi connectivity index (χ1n) is 6.04. The Morgan fingerprint density at radius 2 is 2.00 bits per heavy atom. The standard InChI is InChI=1S/C15H15ClN2OS/c1-9-2-5-12(17)7-14(9)20-8-11-4-3-10(15(18)19)6-13(11)16/h2-7H,8,17H2,1H3,(H2,18,19). The minimum absolute atomic E-state index is 0.420. The van der Waals surface area contributed by atoms with Crippen LogP contribution in [0.25, 0.3) is 0 Å². The van der Waals surface area contributed by atoms with E-state index >= 15 is 0 Å². The molecule has 0 spiro atoms. The molecule has 5 heteroatoms. The van der Waals surface area contributed by atoms with E-state index in [1.807, 2.05) is 31.2 Å². The van der Waals surface area contributed by atoms with Crippen LogP contribution in [0.15, 0.2) is 41.3 Å². The second-order valence-corrected chi connectivity index (χ2v) is 5.91. The number of halogens is 1. The Kier molecular flexibility index (Phi) is 4.57. The van der Waals surface area contributed by atoms with Crippen LogP contribution in [-0.2, 0) is 5.75 Å². The Hall–Kier alpha value is -1.65. The van der Waals surface area contributed by atoms with Gasteiger partial charge >= 0.3 is 0 Å². The van der Waals surface area contributed by atoms with Gasteiger partial charge in [-0.2, -0.15) is 0 Å². The summed E-state index contributed by atoms with van der Waals surface area (Å²) < 4.78 is 0. The average Bonchev–Trinajstić information content (AvgIpc) is 2.40. The number of carbonyl (C=O) groups excluding carboxylic acids is 1. The number of thioether (sulfide) groups is 1. The molecule has 2 aromatic rings. The quantitative estimate of drug-likeness (QED) is 0.669. The molecule has 3 nitrogen and oxygen atoms in total. The van der Waals surface area contributed by atoms with E-state index < -0.39 is 5.91 Å². The van der Waals surface area contributed by atoms with Crippen LogP contribution in [0.1, 0.15) is 21.5 Å². The minimum Gasteiger partial charge on any atom is -0.399 e.